The number of hydrogen-bond donors (Lipinski definition) is 1. The van der Waals surface area contributed by atoms with E-state index in [-0.39, 0.29) is 17.7 Å². The van der Waals surface area contributed by atoms with Crippen LogP contribution < -0.4 is 5.32 Å². The molecule has 22 heavy (non-hydrogen) atoms. The number of hydrogen-bond acceptors (Lipinski definition) is 3. The summed E-state index contributed by atoms with van der Waals surface area (Å²) in [6.07, 6.45) is 0.975. The van der Waals surface area contributed by atoms with Crippen LogP contribution in [0, 0.1) is 5.92 Å². The minimum atomic E-state index is -0.219. The van der Waals surface area contributed by atoms with Gasteiger partial charge in [-0.25, -0.2) is 0 Å². The molecular weight excluding hydrogens is 280 g/mol. The number of nitrogens with zero attached hydrogens (tertiary/aromatic N) is 1. The van der Waals surface area contributed by atoms with E-state index < -0.39 is 0 Å². The van der Waals surface area contributed by atoms with Crippen molar-refractivity contribution in [3.05, 3.63) is 36.1 Å². The molecule has 0 radical (unpaired) electrons. The molecule has 2 amide bonds. The van der Waals surface area contributed by atoms with Crippen LogP contribution in [-0.2, 0) is 16.0 Å². The van der Waals surface area contributed by atoms with Gasteiger partial charge >= 0.3 is 0 Å². The largest absolute Gasteiger partial charge is 0.461 e. The highest BCUT2D eigenvalue weighted by molar-refractivity contribution is 5.89. The SMILES string of the molecule is CCN1C[C@H](C(=O)NCCc2cc3ccccc3o2)CC1=O. The zero-order valence-electron chi connectivity index (χ0n) is 12.7. The van der Waals surface area contributed by atoms with Crippen molar-refractivity contribution in [1.82, 2.24) is 10.2 Å². The van der Waals surface area contributed by atoms with Crippen LogP contribution >= 0.6 is 0 Å². The Kier molecular flexibility index (Phi) is 4.13. The lowest BCUT2D eigenvalue weighted by molar-refractivity contribution is -0.128. The van der Waals surface area contributed by atoms with Crippen LogP contribution in [0.2, 0.25) is 0 Å². The Bertz CT molecular complexity index is 659. The zero-order chi connectivity index (χ0) is 15.5. The Labute approximate surface area is 129 Å². The van der Waals surface area contributed by atoms with Gasteiger partial charge in [-0.3, -0.25) is 9.59 Å². The second-order valence-corrected chi connectivity index (χ2v) is 5.62. The number of rotatable bonds is 5. The third-order valence-electron chi connectivity index (χ3n) is 4.11. The quantitative estimate of drug-likeness (QED) is 0.918. The Morgan fingerprint density at radius 3 is 2.95 bits per heavy atom. The molecule has 0 bridgehead atoms. The molecule has 0 aliphatic carbocycles. The molecule has 3 rings (SSSR count). The highest BCUT2D eigenvalue weighted by Gasteiger charge is 2.33. The van der Waals surface area contributed by atoms with Crippen molar-refractivity contribution >= 4 is 22.8 Å². The van der Waals surface area contributed by atoms with Gasteiger partial charge in [0.25, 0.3) is 0 Å². The summed E-state index contributed by atoms with van der Waals surface area (Å²) in [4.78, 5) is 25.5. The van der Waals surface area contributed by atoms with Gasteiger partial charge < -0.3 is 14.6 Å². The second kappa shape index (κ2) is 6.22. The molecule has 2 aromatic rings. The van der Waals surface area contributed by atoms with Crippen LogP contribution in [0.15, 0.2) is 34.7 Å². The number of amides is 2. The van der Waals surface area contributed by atoms with Crippen LogP contribution in [0.5, 0.6) is 0 Å². The van der Waals surface area contributed by atoms with E-state index in [0.717, 1.165) is 16.7 Å². The Morgan fingerprint density at radius 2 is 2.23 bits per heavy atom. The minimum absolute atomic E-state index is 0.0413. The highest BCUT2D eigenvalue weighted by atomic mass is 16.3. The predicted octanol–water partition coefficient (Wildman–Crippen LogP) is 1.96. The van der Waals surface area contributed by atoms with E-state index in [1.807, 2.05) is 37.3 Å². The molecule has 0 spiro atoms. The maximum atomic E-state index is 12.1. The summed E-state index contributed by atoms with van der Waals surface area (Å²) in [6, 6.07) is 9.85. The molecule has 1 aromatic carbocycles. The van der Waals surface area contributed by atoms with Crippen LogP contribution in [0.25, 0.3) is 11.0 Å². The molecule has 1 aliphatic heterocycles. The smallest absolute Gasteiger partial charge is 0.225 e. The summed E-state index contributed by atoms with van der Waals surface area (Å²) in [7, 11) is 0. The lowest BCUT2D eigenvalue weighted by Crippen LogP contribution is -2.34. The molecule has 1 aromatic heterocycles. The maximum absolute atomic E-state index is 12.1. The zero-order valence-corrected chi connectivity index (χ0v) is 12.7. The molecule has 5 heteroatoms. The van der Waals surface area contributed by atoms with E-state index in [0.29, 0.717) is 32.5 Å². The average molecular weight is 300 g/mol. The fourth-order valence-corrected chi connectivity index (χ4v) is 2.87. The van der Waals surface area contributed by atoms with E-state index in [1.54, 1.807) is 4.90 Å². The Morgan fingerprint density at radius 1 is 1.41 bits per heavy atom. The number of carbonyl (C=O) groups excluding carboxylic acids is 2. The van der Waals surface area contributed by atoms with Crippen molar-refractivity contribution in [2.45, 2.75) is 19.8 Å². The predicted molar refractivity (Wildman–Crippen MR) is 83.3 cm³/mol. The molecule has 0 saturated carbocycles. The van der Waals surface area contributed by atoms with Gasteiger partial charge in [0.15, 0.2) is 0 Å². The molecular formula is C17H20N2O3. The number of fused-ring (bicyclic) bond motifs is 1. The lowest BCUT2D eigenvalue weighted by atomic mass is 10.1. The van der Waals surface area contributed by atoms with Crippen molar-refractivity contribution in [3.63, 3.8) is 0 Å². The van der Waals surface area contributed by atoms with Gasteiger partial charge in [0, 0.05) is 37.9 Å². The van der Waals surface area contributed by atoms with E-state index in [2.05, 4.69) is 5.32 Å². The molecule has 1 atom stereocenters. The third kappa shape index (κ3) is 2.98. The van der Waals surface area contributed by atoms with Gasteiger partial charge in [-0.1, -0.05) is 18.2 Å². The van der Waals surface area contributed by atoms with Gasteiger partial charge in [-0.2, -0.15) is 0 Å². The molecule has 0 unspecified atom stereocenters. The molecule has 1 aliphatic rings. The average Bonchev–Trinajstić information content (AvgIpc) is 3.09. The number of para-hydroxylation sites is 1. The van der Waals surface area contributed by atoms with Gasteiger partial charge in [0.1, 0.15) is 11.3 Å². The normalized spacial score (nSPS) is 18.1. The van der Waals surface area contributed by atoms with Crippen molar-refractivity contribution in [1.29, 1.82) is 0 Å². The summed E-state index contributed by atoms with van der Waals surface area (Å²) in [6.45, 7) is 3.66. The summed E-state index contributed by atoms with van der Waals surface area (Å²) in [5.41, 5.74) is 0.865. The fourth-order valence-electron chi connectivity index (χ4n) is 2.87. The summed E-state index contributed by atoms with van der Waals surface area (Å²) in [5, 5.41) is 3.98. The number of nitrogens with one attached hydrogen (secondary N) is 1. The summed E-state index contributed by atoms with van der Waals surface area (Å²) >= 11 is 0. The first-order valence-electron chi connectivity index (χ1n) is 7.70. The van der Waals surface area contributed by atoms with Gasteiger partial charge in [0.05, 0.1) is 5.92 Å². The van der Waals surface area contributed by atoms with Gasteiger partial charge in [0.2, 0.25) is 11.8 Å². The number of benzene rings is 1. The van der Waals surface area contributed by atoms with E-state index in [9.17, 15) is 9.59 Å². The summed E-state index contributed by atoms with van der Waals surface area (Å²) < 4.78 is 5.71. The first-order chi connectivity index (χ1) is 10.7. The van der Waals surface area contributed by atoms with Crippen LogP contribution in [0.3, 0.4) is 0 Å². The number of likely N-dealkylation sites (tertiary alicyclic amines) is 1. The topological polar surface area (TPSA) is 62.6 Å². The van der Waals surface area contributed by atoms with Crippen molar-refractivity contribution in [2.75, 3.05) is 19.6 Å². The lowest BCUT2D eigenvalue weighted by Gasteiger charge is -2.13. The van der Waals surface area contributed by atoms with E-state index in [1.165, 1.54) is 0 Å². The van der Waals surface area contributed by atoms with E-state index in [4.69, 9.17) is 4.42 Å². The Balaban J connectivity index is 1.50. The van der Waals surface area contributed by atoms with Crippen LogP contribution in [0.1, 0.15) is 19.1 Å². The first kappa shape index (κ1) is 14.6. The number of furan rings is 1. The van der Waals surface area contributed by atoms with E-state index >= 15 is 0 Å². The summed E-state index contributed by atoms with van der Waals surface area (Å²) in [5.74, 6) is 0.669. The van der Waals surface area contributed by atoms with Crippen LogP contribution in [-0.4, -0.2) is 36.3 Å². The highest BCUT2D eigenvalue weighted by Crippen LogP contribution is 2.19. The third-order valence-corrected chi connectivity index (χ3v) is 4.11. The first-order valence-corrected chi connectivity index (χ1v) is 7.70. The molecule has 1 fully saturated rings. The van der Waals surface area contributed by atoms with Crippen LogP contribution in [0.4, 0.5) is 0 Å². The van der Waals surface area contributed by atoms with Crippen molar-refractivity contribution < 1.29 is 14.0 Å². The molecule has 5 nitrogen and oxygen atoms in total. The monoisotopic (exact) mass is 300 g/mol. The van der Waals surface area contributed by atoms with Gasteiger partial charge in [-0.05, 0) is 19.1 Å². The van der Waals surface area contributed by atoms with Gasteiger partial charge in [-0.15, -0.1) is 0 Å². The minimum Gasteiger partial charge on any atom is -0.461 e. The molecule has 1 saturated heterocycles. The maximum Gasteiger partial charge on any atom is 0.225 e. The molecule has 2 heterocycles. The fraction of sp³-hybridized carbons (Fsp3) is 0.412. The number of carbonyl (C=O) groups is 2. The Hall–Kier alpha value is -2.30. The molecule has 1 N–H and O–H groups in total. The van der Waals surface area contributed by atoms with Crippen molar-refractivity contribution in [2.24, 2.45) is 5.92 Å². The standard InChI is InChI=1S/C17H20N2O3/c1-2-19-11-13(10-16(19)20)17(21)18-8-7-14-9-12-5-3-4-6-15(12)22-14/h3-6,9,13H,2,7-8,10-11H2,1H3,(H,18,21)/t13-/m1/s1. The molecule has 116 valence electrons. The second-order valence-electron chi connectivity index (χ2n) is 5.62. The van der Waals surface area contributed by atoms with Crippen molar-refractivity contribution in [3.8, 4) is 0 Å².